The maximum absolute atomic E-state index is 13.0. The van der Waals surface area contributed by atoms with Crippen molar-refractivity contribution < 1.29 is 17.6 Å². The highest BCUT2D eigenvalue weighted by molar-refractivity contribution is 5.85. The summed E-state index contributed by atoms with van der Waals surface area (Å²) in [5, 5.41) is 2.25. The molecule has 1 saturated heterocycles. The molecule has 0 atom stereocenters. The van der Waals surface area contributed by atoms with Crippen molar-refractivity contribution in [2.75, 3.05) is 6.54 Å². The number of nitrogens with one attached hydrogen (secondary N) is 1. The highest BCUT2D eigenvalue weighted by Gasteiger charge is 2.74. The van der Waals surface area contributed by atoms with Crippen molar-refractivity contribution in [1.29, 1.82) is 0 Å². The number of rotatable bonds is 0. The molecule has 6 heteroatoms. The fraction of sp³-hybridized carbons (Fsp3) is 1.00. The SMILES string of the molecule is Cl.FC1(F)CNC2(CCC2)C1(F)F. The van der Waals surface area contributed by atoms with Crippen LogP contribution in [0.2, 0.25) is 0 Å². The van der Waals surface area contributed by atoms with E-state index in [4.69, 9.17) is 0 Å². The topological polar surface area (TPSA) is 12.0 Å². The molecule has 13 heavy (non-hydrogen) atoms. The second-order valence-electron chi connectivity index (χ2n) is 3.57. The van der Waals surface area contributed by atoms with Crippen molar-refractivity contribution in [2.24, 2.45) is 0 Å². The maximum atomic E-state index is 13.0. The van der Waals surface area contributed by atoms with Gasteiger partial charge in [-0.15, -0.1) is 12.4 Å². The molecule has 0 aromatic rings. The molecule has 1 saturated carbocycles. The Bertz CT molecular complexity index is 215. The highest BCUT2D eigenvalue weighted by Crippen LogP contribution is 2.55. The predicted octanol–water partition coefficient (Wildman–Crippen LogP) is 2.20. The van der Waals surface area contributed by atoms with Crippen molar-refractivity contribution >= 4 is 12.4 Å². The monoisotopic (exact) mass is 219 g/mol. The molecule has 78 valence electrons. The number of hydrogen-bond acceptors (Lipinski definition) is 1. The fourth-order valence-electron chi connectivity index (χ4n) is 1.87. The van der Waals surface area contributed by atoms with Gasteiger partial charge in [0.05, 0.1) is 12.1 Å². The lowest BCUT2D eigenvalue weighted by Gasteiger charge is -2.43. The normalized spacial score (nSPS) is 32.3. The van der Waals surface area contributed by atoms with Gasteiger partial charge in [-0.1, -0.05) is 0 Å². The Kier molecular flexibility index (Phi) is 2.32. The third-order valence-electron chi connectivity index (χ3n) is 2.92. The Morgan fingerprint density at radius 1 is 1.00 bits per heavy atom. The highest BCUT2D eigenvalue weighted by atomic mass is 35.5. The van der Waals surface area contributed by atoms with Gasteiger partial charge in [-0.25, -0.2) is 0 Å². The summed E-state index contributed by atoms with van der Waals surface area (Å²) in [6.07, 6.45) is 0.934. The lowest BCUT2D eigenvalue weighted by atomic mass is 9.73. The van der Waals surface area contributed by atoms with Crippen molar-refractivity contribution in [1.82, 2.24) is 5.32 Å². The molecule has 2 fully saturated rings. The van der Waals surface area contributed by atoms with Crippen LogP contribution < -0.4 is 5.32 Å². The van der Waals surface area contributed by atoms with Crippen LogP contribution in [0.25, 0.3) is 0 Å². The van der Waals surface area contributed by atoms with Gasteiger partial charge in [0.15, 0.2) is 0 Å². The van der Waals surface area contributed by atoms with Crippen LogP contribution in [0.4, 0.5) is 17.6 Å². The fourth-order valence-corrected chi connectivity index (χ4v) is 1.87. The Hall–Kier alpha value is -0.0300. The maximum Gasteiger partial charge on any atom is 0.329 e. The Morgan fingerprint density at radius 3 is 1.69 bits per heavy atom. The van der Waals surface area contributed by atoms with E-state index in [9.17, 15) is 17.6 Å². The molecule has 1 nitrogen and oxygen atoms in total. The molecule has 0 amide bonds. The van der Waals surface area contributed by atoms with Crippen molar-refractivity contribution in [3.8, 4) is 0 Å². The third kappa shape index (κ3) is 1.09. The van der Waals surface area contributed by atoms with E-state index in [1.807, 2.05) is 0 Å². The molecular formula is C7H10ClF4N. The van der Waals surface area contributed by atoms with E-state index in [1.165, 1.54) is 0 Å². The van der Waals surface area contributed by atoms with Crippen LogP contribution in [-0.4, -0.2) is 23.9 Å². The molecular weight excluding hydrogens is 210 g/mol. The van der Waals surface area contributed by atoms with Crippen LogP contribution in [0, 0.1) is 0 Å². The summed E-state index contributed by atoms with van der Waals surface area (Å²) < 4.78 is 51.3. The zero-order chi connectivity index (χ0) is 9.04. The van der Waals surface area contributed by atoms with Crippen LogP contribution >= 0.6 is 12.4 Å². The first-order valence-corrected chi connectivity index (χ1v) is 3.92. The van der Waals surface area contributed by atoms with E-state index >= 15 is 0 Å². The van der Waals surface area contributed by atoms with Gasteiger partial charge in [-0.2, -0.15) is 17.6 Å². The standard InChI is InChI=1S/C7H9F4N.ClH/c8-6(9)4-12-5(2-1-3-5)7(6,10)11;/h12H,1-4H2;1H. The van der Waals surface area contributed by atoms with Crippen LogP contribution in [-0.2, 0) is 0 Å². The molecule has 1 aliphatic carbocycles. The quantitative estimate of drug-likeness (QED) is 0.616. The zero-order valence-corrected chi connectivity index (χ0v) is 7.57. The molecule has 0 radical (unpaired) electrons. The molecule has 1 spiro atoms. The average molecular weight is 220 g/mol. The van der Waals surface area contributed by atoms with Gasteiger partial charge >= 0.3 is 11.8 Å². The van der Waals surface area contributed by atoms with Gasteiger partial charge in [0.25, 0.3) is 0 Å². The van der Waals surface area contributed by atoms with Gasteiger partial charge in [-0.3, -0.25) is 5.32 Å². The Labute approximate surface area is 79.3 Å². The third-order valence-corrected chi connectivity index (χ3v) is 2.92. The molecule has 0 bridgehead atoms. The summed E-state index contributed by atoms with van der Waals surface area (Å²) >= 11 is 0. The van der Waals surface area contributed by atoms with Crippen molar-refractivity contribution in [3.63, 3.8) is 0 Å². The van der Waals surface area contributed by atoms with Crippen LogP contribution in [0.5, 0.6) is 0 Å². The number of halogens is 5. The molecule has 0 aromatic carbocycles. The minimum atomic E-state index is -3.87. The second-order valence-corrected chi connectivity index (χ2v) is 3.57. The molecule has 1 heterocycles. The average Bonchev–Trinajstić information content (AvgIpc) is 1.99. The van der Waals surface area contributed by atoms with Gasteiger partial charge < -0.3 is 0 Å². The van der Waals surface area contributed by atoms with E-state index in [0.717, 1.165) is 0 Å². The first kappa shape index (κ1) is 11.0. The van der Waals surface area contributed by atoms with Gasteiger partial charge in [0.1, 0.15) is 0 Å². The summed E-state index contributed by atoms with van der Waals surface area (Å²) in [5.41, 5.74) is -1.59. The summed E-state index contributed by atoms with van der Waals surface area (Å²) in [6, 6.07) is 0. The first-order valence-electron chi connectivity index (χ1n) is 3.92. The van der Waals surface area contributed by atoms with E-state index in [2.05, 4.69) is 5.32 Å². The van der Waals surface area contributed by atoms with Crippen molar-refractivity contribution in [2.45, 2.75) is 36.6 Å². The van der Waals surface area contributed by atoms with Gasteiger partial charge in [0, 0.05) is 0 Å². The number of hydrogen-bond donors (Lipinski definition) is 1. The predicted molar refractivity (Wildman–Crippen MR) is 41.7 cm³/mol. The lowest BCUT2D eigenvalue weighted by molar-refractivity contribution is -0.219. The Morgan fingerprint density at radius 2 is 1.54 bits per heavy atom. The molecule has 0 unspecified atom stereocenters. The first-order chi connectivity index (χ1) is 5.41. The smallest absolute Gasteiger partial charge is 0.300 e. The van der Waals surface area contributed by atoms with Crippen molar-refractivity contribution in [3.05, 3.63) is 0 Å². The summed E-state index contributed by atoms with van der Waals surface area (Å²) in [7, 11) is 0. The van der Waals surface area contributed by atoms with E-state index in [1.54, 1.807) is 0 Å². The Balaban J connectivity index is 0.000000845. The minimum absolute atomic E-state index is 0. The molecule has 2 rings (SSSR count). The molecule has 2 aliphatic rings. The summed E-state index contributed by atoms with van der Waals surface area (Å²) in [5.74, 6) is -7.73. The van der Waals surface area contributed by atoms with E-state index < -0.39 is 23.9 Å². The molecule has 1 aliphatic heterocycles. The summed E-state index contributed by atoms with van der Waals surface area (Å²) in [6.45, 7) is -0.889. The van der Waals surface area contributed by atoms with Crippen LogP contribution in [0.15, 0.2) is 0 Å². The lowest BCUT2D eigenvalue weighted by Crippen LogP contribution is -2.60. The van der Waals surface area contributed by atoms with Gasteiger partial charge in [0.2, 0.25) is 0 Å². The molecule has 1 N–H and O–H groups in total. The molecule has 0 aromatic heterocycles. The van der Waals surface area contributed by atoms with Crippen LogP contribution in [0.3, 0.4) is 0 Å². The zero-order valence-electron chi connectivity index (χ0n) is 6.75. The second kappa shape index (κ2) is 2.73. The minimum Gasteiger partial charge on any atom is -0.300 e. The van der Waals surface area contributed by atoms with E-state index in [0.29, 0.717) is 6.42 Å². The van der Waals surface area contributed by atoms with E-state index in [-0.39, 0.29) is 25.2 Å². The largest absolute Gasteiger partial charge is 0.329 e. The van der Waals surface area contributed by atoms with Crippen LogP contribution in [0.1, 0.15) is 19.3 Å². The summed E-state index contributed by atoms with van der Waals surface area (Å²) in [4.78, 5) is 0. The number of alkyl halides is 4. The van der Waals surface area contributed by atoms with Gasteiger partial charge in [-0.05, 0) is 19.3 Å².